The summed E-state index contributed by atoms with van der Waals surface area (Å²) < 4.78 is 3.30. The minimum Gasteiger partial charge on any atom is -0.478 e. The van der Waals surface area contributed by atoms with E-state index in [1.54, 1.807) is 11.3 Å². The smallest absolute Gasteiger partial charge is 0.336 e. The number of anilines is 4. The van der Waals surface area contributed by atoms with Crippen LogP contribution in [0.25, 0.3) is 21.3 Å². The van der Waals surface area contributed by atoms with Crippen molar-refractivity contribution in [1.29, 1.82) is 0 Å². The number of hydrogen-bond acceptors (Lipinski definition) is 8. The second-order valence-electron chi connectivity index (χ2n) is 15.6. The van der Waals surface area contributed by atoms with E-state index in [-0.39, 0.29) is 0 Å². The van der Waals surface area contributed by atoms with Gasteiger partial charge in [-0.05, 0) is 118 Å². The first-order valence-corrected chi connectivity index (χ1v) is 18.1. The molecular formula is C38H41N7O2S. The molecule has 4 aliphatic carbocycles. The Kier molecular flexibility index (Phi) is 6.74. The van der Waals surface area contributed by atoms with E-state index in [1.165, 1.54) is 44.9 Å². The SMILES string of the molecule is Cc1c(-c2ccc3c(c2C(=O)O)CC(C)(C)N3c2ccc(Nc3nc4ccccc4s3)nn2)cnn1CC12CC3CCC(CC(C3)C1)C2. The number of carboxylic acid groups (broad SMARTS) is 1. The van der Waals surface area contributed by atoms with E-state index < -0.39 is 11.5 Å². The molecule has 2 N–H and O–H groups in total. The zero-order chi connectivity index (χ0) is 32.8. The summed E-state index contributed by atoms with van der Waals surface area (Å²) in [6.07, 6.45) is 12.1. The van der Waals surface area contributed by atoms with E-state index in [4.69, 9.17) is 5.10 Å². The summed E-state index contributed by atoms with van der Waals surface area (Å²) >= 11 is 1.57. The van der Waals surface area contributed by atoms with E-state index in [9.17, 15) is 9.90 Å². The Hall–Kier alpha value is -4.31. The second kappa shape index (κ2) is 10.9. The van der Waals surface area contributed by atoms with Crippen molar-refractivity contribution in [2.24, 2.45) is 23.2 Å². The van der Waals surface area contributed by atoms with Gasteiger partial charge in [0.1, 0.15) is 0 Å². The topological polar surface area (TPSA) is 109 Å². The highest BCUT2D eigenvalue weighted by Crippen LogP contribution is 2.58. The number of carboxylic acids is 1. The normalized spacial score (nSPS) is 25.4. The van der Waals surface area contributed by atoms with Crippen LogP contribution in [0.3, 0.4) is 0 Å². The van der Waals surface area contributed by atoms with Crippen molar-refractivity contribution in [1.82, 2.24) is 25.0 Å². The number of benzene rings is 2. The summed E-state index contributed by atoms with van der Waals surface area (Å²) in [5, 5.41) is 28.7. The largest absolute Gasteiger partial charge is 0.478 e. The molecule has 5 aromatic rings. The van der Waals surface area contributed by atoms with Crippen molar-refractivity contribution in [3.63, 3.8) is 0 Å². The number of fused-ring (bicyclic) bond motifs is 3. The Bertz CT molecular complexity index is 2020. The lowest BCUT2D eigenvalue weighted by Gasteiger charge is -2.48. The van der Waals surface area contributed by atoms with Gasteiger partial charge < -0.3 is 15.3 Å². The molecule has 2 aromatic carbocycles. The van der Waals surface area contributed by atoms with Gasteiger partial charge in [-0.2, -0.15) is 5.10 Å². The number of carbonyl (C=O) groups is 1. The first-order chi connectivity index (χ1) is 23.1. The molecule has 4 heterocycles. The molecular weight excluding hydrogens is 619 g/mol. The molecule has 246 valence electrons. The van der Waals surface area contributed by atoms with Crippen LogP contribution in [0.1, 0.15) is 80.4 Å². The molecule has 10 rings (SSSR count). The van der Waals surface area contributed by atoms with E-state index in [0.717, 1.165) is 67.7 Å². The molecule has 2 unspecified atom stereocenters. The molecule has 9 nitrogen and oxygen atoms in total. The van der Waals surface area contributed by atoms with Crippen LogP contribution in [0.5, 0.6) is 0 Å². The van der Waals surface area contributed by atoms with Crippen molar-refractivity contribution >= 4 is 50.0 Å². The molecule has 48 heavy (non-hydrogen) atoms. The van der Waals surface area contributed by atoms with Gasteiger partial charge in [-0.1, -0.05) is 42.4 Å². The maximum atomic E-state index is 13.1. The molecule has 3 aromatic heterocycles. The second-order valence-corrected chi connectivity index (χ2v) is 16.6. The Balaban J connectivity index is 1.02. The highest BCUT2D eigenvalue weighted by Gasteiger charge is 2.49. The standard InChI is InChI=1S/C38H41N7O2S/c1-22-28(20-39-44(22)21-38-16-23-8-9-24(17-38)15-25(14-23)18-38)26-10-11-30-27(34(26)35(46)47)19-37(2,3)45(30)33-13-12-32(42-43-33)41-36-40-29-6-4-5-7-31(29)48-36/h4-7,10-13,20,23-25H,8-9,14-19,21H2,1-3H3,(H,46,47)(H,40,41,42). The molecule has 10 heteroatoms. The summed E-state index contributed by atoms with van der Waals surface area (Å²) in [4.78, 5) is 19.8. The lowest BCUT2D eigenvalue weighted by Crippen LogP contribution is -2.40. The van der Waals surface area contributed by atoms with Crippen molar-refractivity contribution in [2.75, 3.05) is 10.2 Å². The van der Waals surface area contributed by atoms with Crippen molar-refractivity contribution in [3.8, 4) is 11.1 Å². The predicted molar refractivity (Wildman–Crippen MR) is 189 cm³/mol. The van der Waals surface area contributed by atoms with Gasteiger partial charge in [-0.25, -0.2) is 9.78 Å². The third-order valence-corrected chi connectivity index (χ3v) is 12.7. The summed E-state index contributed by atoms with van der Waals surface area (Å²) in [7, 11) is 0. The van der Waals surface area contributed by atoms with Crippen molar-refractivity contribution in [2.45, 2.75) is 84.2 Å². The highest BCUT2D eigenvalue weighted by atomic mass is 32.1. The maximum absolute atomic E-state index is 13.1. The van der Waals surface area contributed by atoms with Crippen LogP contribution in [0.2, 0.25) is 0 Å². The summed E-state index contributed by atoms with van der Waals surface area (Å²) in [6, 6.07) is 15.9. The van der Waals surface area contributed by atoms with E-state index in [0.29, 0.717) is 29.0 Å². The Morgan fingerprint density at radius 2 is 1.75 bits per heavy atom. The maximum Gasteiger partial charge on any atom is 0.336 e. The molecule has 0 amide bonds. The van der Waals surface area contributed by atoms with E-state index >= 15 is 0 Å². The fraction of sp³-hybridized carbons (Fsp3) is 0.447. The fourth-order valence-corrected chi connectivity index (χ4v) is 10.9. The van der Waals surface area contributed by atoms with Gasteiger partial charge in [0.05, 0.1) is 22.0 Å². The molecule has 0 radical (unpaired) electrons. The summed E-state index contributed by atoms with van der Waals surface area (Å²) in [5.74, 6) is 2.97. The zero-order valence-electron chi connectivity index (χ0n) is 27.7. The van der Waals surface area contributed by atoms with Crippen molar-refractivity contribution in [3.05, 3.63) is 71.5 Å². The average molecular weight is 660 g/mol. The van der Waals surface area contributed by atoms with E-state index in [2.05, 4.69) is 63.0 Å². The third-order valence-electron chi connectivity index (χ3n) is 11.7. The molecule has 2 atom stereocenters. The highest BCUT2D eigenvalue weighted by molar-refractivity contribution is 7.22. The van der Waals surface area contributed by atoms with Gasteiger partial charge >= 0.3 is 5.97 Å². The van der Waals surface area contributed by atoms with Crippen LogP contribution in [0, 0.1) is 30.1 Å². The van der Waals surface area contributed by atoms with Crippen LogP contribution >= 0.6 is 11.3 Å². The molecule has 4 bridgehead atoms. The monoisotopic (exact) mass is 659 g/mol. The van der Waals surface area contributed by atoms with Gasteiger partial charge in [0.15, 0.2) is 16.8 Å². The first-order valence-electron chi connectivity index (χ1n) is 17.3. The van der Waals surface area contributed by atoms with Crippen LogP contribution in [0.4, 0.5) is 22.5 Å². The molecule has 4 saturated carbocycles. The van der Waals surface area contributed by atoms with Crippen LogP contribution in [0.15, 0.2) is 54.7 Å². The first kappa shape index (κ1) is 29.8. The Morgan fingerprint density at radius 1 is 0.979 bits per heavy atom. The quantitative estimate of drug-likeness (QED) is 0.179. The minimum absolute atomic E-state index is 0.333. The number of hydrogen-bond donors (Lipinski definition) is 2. The number of thiazole rings is 1. The fourth-order valence-electron chi connectivity index (χ4n) is 10.1. The van der Waals surface area contributed by atoms with Gasteiger partial charge in [0.25, 0.3) is 0 Å². The Morgan fingerprint density at radius 3 is 2.48 bits per heavy atom. The minimum atomic E-state index is -0.911. The van der Waals surface area contributed by atoms with Gasteiger partial charge in [-0.3, -0.25) is 4.68 Å². The number of aromatic carboxylic acids is 1. The number of nitrogens with one attached hydrogen (secondary N) is 1. The third kappa shape index (κ3) is 4.90. The lowest BCUT2D eigenvalue weighted by atomic mass is 9.58. The number of nitrogens with zero attached hydrogens (tertiary/aromatic N) is 6. The zero-order valence-corrected chi connectivity index (χ0v) is 28.6. The van der Waals surface area contributed by atoms with Crippen LogP contribution in [-0.4, -0.2) is 41.6 Å². The van der Waals surface area contributed by atoms with Gasteiger partial charge in [0, 0.05) is 34.6 Å². The molecule has 5 aliphatic rings. The van der Waals surface area contributed by atoms with Gasteiger partial charge in [0.2, 0.25) is 0 Å². The predicted octanol–water partition coefficient (Wildman–Crippen LogP) is 8.78. The molecule has 1 aliphatic heterocycles. The molecule has 4 fully saturated rings. The summed E-state index contributed by atoms with van der Waals surface area (Å²) in [5.41, 5.74) is 5.63. The van der Waals surface area contributed by atoms with E-state index in [1.807, 2.05) is 42.6 Å². The number of rotatable bonds is 7. The summed E-state index contributed by atoms with van der Waals surface area (Å²) in [6.45, 7) is 7.32. The Labute approximate surface area is 284 Å². The lowest BCUT2D eigenvalue weighted by molar-refractivity contribution is 0.0169. The van der Waals surface area contributed by atoms with Crippen LogP contribution < -0.4 is 10.2 Å². The average Bonchev–Trinajstić information content (AvgIpc) is 3.64. The van der Waals surface area contributed by atoms with Gasteiger partial charge in [-0.15, -0.1) is 10.2 Å². The van der Waals surface area contributed by atoms with Crippen LogP contribution in [-0.2, 0) is 13.0 Å². The van der Waals surface area contributed by atoms with Crippen molar-refractivity contribution < 1.29 is 9.90 Å². The number of aromatic nitrogens is 5. The molecule has 0 saturated heterocycles. The number of para-hydroxylation sites is 1. The molecule has 0 spiro atoms.